The van der Waals surface area contributed by atoms with E-state index in [1.54, 1.807) is 26.0 Å². The molecule has 2 atom stereocenters. The standard InChI is InChI=1S/C16H23O4P/c1-4-16(21(18,19-5-2)20-6-3)15(17)13-12-14-10-8-7-9-11-14/h4,7-13,15-17H,1,5-6H2,2-3H3/b13-12+. The molecule has 0 saturated carbocycles. The molecule has 2 unspecified atom stereocenters. The SMILES string of the molecule is C=CC(C(O)/C=C/c1ccccc1)P(=O)(OCC)OCC. The van der Waals surface area contributed by atoms with E-state index in [0.29, 0.717) is 0 Å². The second kappa shape index (κ2) is 8.96. The predicted octanol–water partition coefficient (Wildman–Crippen LogP) is 3.88. The van der Waals surface area contributed by atoms with Gasteiger partial charge in [0, 0.05) is 0 Å². The molecule has 0 radical (unpaired) electrons. The highest BCUT2D eigenvalue weighted by Crippen LogP contribution is 2.54. The summed E-state index contributed by atoms with van der Waals surface area (Å²) < 4.78 is 23.2. The third-order valence-corrected chi connectivity index (χ3v) is 5.34. The minimum atomic E-state index is -3.43. The number of hydrogen-bond acceptors (Lipinski definition) is 4. The molecule has 4 nitrogen and oxygen atoms in total. The number of benzene rings is 1. The largest absolute Gasteiger partial charge is 0.388 e. The van der Waals surface area contributed by atoms with Gasteiger partial charge < -0.3 is 14.2 Å². The van der Waals surface area contributed by atoms with Crippen LogP contribution in [0.15, 0.2) is 49.1 Å². The van der Waals surface area contributed by atoms with Gasteiger partial charge in [0.25, 0.3) is 0 Å². The van der Waals surface area contributed by atoms with Crippen molar-refractivity contribution >= 4 is 13.7 Å². The van der Waals surface area contributed by atoms with E-state index in [-0.39, 0.29) is 13.2 Å². The molecule has 0 aromatic heterocycles. The average Bonchev–Trinajstić information content (AvgIpc) is 2.47. The Bertz CT molecular complexity index is 488. The molecule has 0 spiro atoms. The van der Waals surface area contributed by atoms with Gasteiger partial charge in [-0.3, -0.25) is 4.57 Å². The zero-order chi connectivity index (χ0) is 15.7. The van der Waals surface area contributed by atoms with Crippen LogP contribution in [0.3, 0.4) is 0 Å². The molecule has 0 aliphatic rings. The molecular weight excluding hydrogens is 287 g/mol. The van der Waals surface area contributed by atoms with Crippen LogP contribution < -0.4 is 0 Å². The van der Waals surface area contributed by atoms with Gasteiger partial charge in [-0.1, -0.05) is 48.6 Å². The number of aliphatic hydroxyl groups is 1. The summed E-state index contributed by atoms with van der Waals surface area (Å²) >= 11 is 0. The monoisotopic (exact) mass is 310 g/mol. The Morgan fingerprint density at radius 3 is 2.29 bits per heavy atom. The summed E-state index contributed by atoms with van der Waals surface area (Å²) in [5, 5.41) is 10.3. The molecule has 0 fully saturated rings. The van der Waals surface area contributed by atoms with Gasteiger partial charge in [0.2, 0.25) is 0 Å². The summed E-state index contributed by atoms with van der Waals surface area (Å²) in [6, 6.07) is 9.55. The summed E-state index contributed by atoms with van der Waals surface area (Å²) in [5.41, 5.74) is 0.152. The van der Waals surface area contributed by atoms with Gasteiger partial charge in [-0.05, 0) is 19.4 Å². The van der Waals surface area contributed by atoms with E-state index in [2.05, 4.69) is 6.58 Å². The van der Waals surface area contributed by atoms with E-state index in [0.717, 1.165) is 5.56 Å². The van der Waals surface area contributed by atoms with Crippen molar-refractivity contribution in [2.45, 2.75) is 25.6 Å². The van der Waals surface area contributed by atoms with Gasteiger partial charge in [-0.25, -0.2) is 0 Å². The van der Waals surface area contributed by atoms with Crippen LogP contribution in [-0.4, -0.2) is 30.1 Å². The fourth-order valence-corrected chi connectivity index (χ4v) is 3.78. The number of hydrogen-bond donors (Lipinski definition) is 1. The van der Waals surface area contributed by atoms with Crippen molar-refractivity contribution in [1.29, 1.82) is 0 Å². The van der Waals surface area contributed by atoms with Gasteiger partial charge in [0.05, 0.1) is 19.3 Å². The fraction of sp³-hybridized carbons (Fsp3) is 0.375. The Hall–Kier alpha value is -1.19. The minimum Gasteiger partial charge on any atom is -0.388 e. The Balaban J connectivity index is 2.89. The number of rotatable bonds is 9. The van der Waals surface area contributed by atoms with E-state index >= 15 is 0 Å². The van der Waals surface area contributed by atoms with Crippen molar-refractivity contribution in [3.05, 3.63) is 54.6 Å². The molecule has 116 valence electrons. The van der Waals surface area contributed by atoms with Crippen molar-refractivity contribution in [2.75, 3.05) is 13.2 Å². The lowest BCUT2D eigenvalue weighted by atomic mass is 10.1. The Morgan fingerprint density at radius 1 is 1.24 bits per heavy atom. The van der Waals surface area contributed by atoms with E-state index in [1.807, 2.05) is 30.3 Å². The highest BCUT2D eigenvalue weighted by atomic mass is 31.2. The maximum Gasteiger partial charge on any atom is 0.340 e. The van der Waals surface area contributed by atoms with E-state index in [1.165, 1.54) is 6.08 Å². The van der Waals surface area contributed by atoms with Crippen LogP contribution in [0.4, 0.5) is 0 Å². The quantitative estimate of drug-likeness (QED) is 0.555. The molecule has 0 saturated heterocycles. The van der Waals surface area contributed by atoms with Crippen LogP contribution in [0.25, 0.3) is 6.08 Å². The Morgan fingerprint density at radius 2 is 1.81 bits per heavy atom. The van der Waals surface area contributed by atoms with Crippen molar-refractivity contribution in [2.24, 2.45) is 0 Å². The zero-order valence-corrected chi connectivity index (χ0v) is 13.4. The molecule has 0 amide bonds. The highest BCUT2D eigenvalue weighted by Gasteiger charge is 2.37. The molecule has 21 heavy (non-hydrogen) atoms. The van der Waals surface area contributed by atoms with Crippen molar-refractivity contribution in [3.8, 4) is 0 Å². The second-order valence-electron chi connectivity index (χ2n) is 4.36. The van der Waals surface area contributed by atoms with E-state index in [9.17, 15) is 9.67 Å². The summed E-state index contributed by atoms with van der Waals surface area (Å²) in [6.07, 6.45) is 3.77. The summed E-state index contributed by atoms with van der Waals surface area (Å²) in [6.45, 7) is 7.60. The summed E-state index contributed by atoms with van der Waals surface area (Å²) in [4.78, 5) is 0. The first-order chi connectivity index (χ1) is 10.1. The molecule has 0 aliphatic heterocycles. The molecule has 1 N–H and O–H groups in total. The fourth-order valence-electron chi connectivity index (χ4n) is 1.91. The molecular formula is C16H23O4P. The van der Waals surface area contributed by atoms with Crippen LogP contribution in [-0.2, 0) is 13.6 Å². The van der Waals surface area contributed by atoms with Crippen LogP contribution in [0, 0.1) is 0 Å². The van der Waals surface area contributed by atoms with Crippen LogP contribution in [0.1, 0.15) is 19.4 Å². The van der Waals surface area contributed by atoms with E-state index in [4.69, 9.17) is 9.05 Å². The van der Waals surface area contributed by atoms with Gasteiger partial charge in [-0.2, -0.15) is 0 Å². The van der Waals surface area contributed by atoms with Crippen LogP contribution >= 0.6 is 7.60 Å². The first kappa shape index (κ1) is 17.9. The lowest BCUT2D eigenvalue weighted by Crippen LogP contribution is -2.24. The molecule has 0 heterocycles. The van der Waals surface area contributed by atoms with Gasteiger partial charge in [-0.15, -0.1) is 6.58 Å². The second-order valence-corrected chi connectivity index (χ2v) is 6.55. The summed E-state index contributed by atoms with van der Waals surface area (Å²) in [7, 11) is -3.43. The maximum absolute atomic E-state index is 12.7. The van der Waals surface area contributed by atoms with Crippen LogP contribution in [0.2, 0.25) is 0 Å². The Labute approximate surface area is 126 Å². The average molecular weight is 310 g/mol. The number of aliphatic hydroxyl groups excluding tert-OH is 1. The topological polar surface area (TPSA) is 55.8 Å². The first-order valence-electron chi connectivity index (χ1n) is 7.00. The van der Waals surface area contributed by atoms with Crippen molar-refractivity contribution in [3.63, 3.8) is 0 Å². The third-order valence-electron chi connectivity index (χ3n) is 2.86. The predicted molar refractivity (Wildman–Crippen MR) is 86.3 cm³/mol. The van der Waals surface area contributed by atoms with Crippen molar-refractivity contribution < 1.29 is 18.7 Å². The highest BCUT2D eigenvalue weighted by molar-refractivity contribution is 7.55. The lowest BCUT2D eigenvalue weighted by Gasteiger charge is -2.26. The summed E-state index contributed by atoms with van der Waals surface area (Å²) in [5.74, 6) is 0. The first-order valence-corrected chi connectivity index (χ1v) is 8.61. The maximum atomic E-state index is 12.7. The van der Waals surface area contributed by atoms with Gasteiger partial charge in [0.1, 0.15) is 5.66 Å². The smallest absolute Gasteiger partial charge is 0.340 e. The minimum absolute atomic E-state index is 0.247. The molecule has 1 rings (SSSR count). The molecule has 0 aliphatic carbocycles. The lowest BCUT2D eigenvalue weighted by molar-refractivity contribution is 0.179. The van der Waals surface area contributed by atoms with Crippen LogP contribution in [0.5, 0.6) is 0 Å². The molecule has 1 aromatic rings. The Kier molecular flexibility index (Phi) is 7.62. The molecule has 0 bridgehead atoms. The third kappa shape index (κ3) is 5.25. The normalized spacial score (nSPS) is 15.0. The van der Waals surface area contributed by atoms with Gasteiger partial charge in [0.15, 0.2) is 0 Å². The molecule has 1 aromatic carbocycles. The van der Waals surface area contributed by atoms with E-state index < -0.39 is 19.4 Å². The van der Waals surface area contributed by atoms with Gasteiger partial charge >= 0.3 is 7.60 Å². The molecule has 5 heteroatoms. The van der Waals surface area contributed by atoms with Crippen molar-refractivity contribution in [1.82, 2.24) is 0 Å². The zero-order valence-electron chi connectivity index (χ0n) is 12.5.